The summed E-state index contributed by atoms with van der Waals surface area (Å²) >= 11 is 13.7. The molecule has 0 fully saturated rings. The second kappa shape index (κ2) is 6.86. The van der Waals surface area contributed by atoms with Crippen LogP contribution in [-0.2, 0) is 0 Å². The third kappa shape index (κ3) is 3.15. The number of anilines is 2. The number of thioether (sulfide) groups is 1. The van der Waals surface area contributed by atoms with Gasteiger partial charge in [-0.3, -0.25) is 0 Å². The van der Waals surface area contributed by atoms with E-state index in [0.717, 1.165) is 10.5 Å². The lowest BCUT2D eigenvalue weighted by molar-refractivity contribution is 0.441. The first-order valence-corrected chi connectivity index (χ1v) is 9.50. The number of fused-ring (bicyclic) bond motifs is 2. The van der Waals surface area contributed by atoms with Gasteiger partial charge in [0.05, 0.1) is 16.5 Å². The van der Waals surface area contributed by atoms with Crippen LogP contribution in [0.3, 0.4) is 0 Å². The van der Waals surface area contributed by atoms with Gasteiger partial charge < -0.3 is 16.2 Å². The lowest BCUT2D eigenvalue weighted by Gasteiger charge is -2.29. The van der Waals surface area contributed by atoms with Crippen molar-refractivity contribution >= 4 is 46.5 Å². The first-order chi connectivity index (χ1) is 13.0. The van der Waals surface area contributed by atoms with Gasteiger partial charge in [0.25, 0.3) is 0 Å². The van der Waals surface area contributed by atoms with Gasteiger partial charge in [-0.05, 0) is 42.5 Å². The molecule has 0 bridgehead atoms. The Kier molecular flexibility index (Phi) is 4.52. The first-order valence-electron chi connectivity index (χ1n) is 7.86. The van der Waals surface area contributed by atoms with E-state index in [9.17, 15) is 5.26 Å². The minimum atomic E-state index is -0.274. The van der Waals surface area contributed by atoms with Crippen molar-refractivity contribution in [3.05, 3.63) is 69.2 Å². The number of nitrogens with zero attached hydrogens (tertiary/aromatic N) is 2. The number of hydrogen-bond acceptors (Lipinski definition) is 6. The Morgan fingerprint density at radius 1 is 1.07 bits per heavy atom. The highest BCUT2D eigenvalue weighted by atomic mass is 35.5. The number of benzene rings is 2. The average molecular weight is 415 g/mol. The summed E-state index contributed by atoms with van der Waals surface area (Å²) in [6.45, 7) is 0. The molecule has 2 heterocycles. The van der Waals surface area contributed by atoms with Crippen molar-refractivity contribution < 1.29 is 4.74 Å². The molecule has 4 N–H and O–H groups in total. The number of hydrogen-bond donors (Lipinski definition) is 2. The van der Waals surface area contributed by atoms with E-state index in [4.69, 9.17) is 39.4 Å². The molecule has 27 heavy (non-hydrogen) atoms. The molecule has 1 unspecified atom stereocenters. The van der Waals surface area contributed by atoms with Gasteiger partial charge in [0.15, 0.2) is 0 Å². The van der Waals surface area contributed by atoms with Crippen molar-refractivity contribution in [1.82, 2.24) is 4.98 Å². The molecule has 1 aromatic heterocycles. The van der Waals surface area contributed by atoms with Gasteiger partial charge >= 0.3 is 0 Å². The maximum absolute atomic E-state index is 9.41. The van der Waals surface area contributed by atoms with Gasteiger partial charge in [0, 0.05) is 20.5 Å². The van der Waals surface area contributed by atoms with Gasteiger partial charge in [-0.15, -0.1) is 11.8 Å². The standard InChI is InChI=1S/C19H12Cl2N4OS/c20-9-1-4-11(5-2-9)27-17-12-7-10(21)3-6-14(12)26-19-15(17)16(23)13(8-22)18(24)25-19/h1-7,17H,(H4,23,24,25). The molecule has 0 aliphatic carbocycles. The lowest BCUT2D eigenvalue weighted by Crippen LogP contribution is -2.14. The molecule has 1 atom stereocenters. The highest BCUT2D eigenvalue weighted by Gasteiger charge is 2.33. The van der Waals surface area contributed by atoms with Crippen molar-refractivity contribution in [3.8, 4) is 17.7 Å². The van der Waals surface area contributed by atoms with Crippen LogP contribution in [0, 0.1) is 11.3 Å². The van der Waals surface area contributed by atoms with E-state index >= 15 is 0 Å². The maximum atomic E-state index is 9.41. The summed E-state index contributed by atoms with van der Waals surface area (Å²) in [7, 11) is 0. The molecular weight excluding hydrogens is 403 g/mol. The number of rotatable bonds is 2. The van der Waals surface area contributed by atoms with E-state index in [1.165, 1.54) is 11.8 Å². The first kappa shape index (κ1) is 17.8. The Labute approximate surface area is 169 Å². The zero-order valence-electron chi connectivity index (χ0n) is 13.7. The number of nitrogens with two attached hydrogens (primary N) is 2. The van der Waals surface area contributed by atoms with Crippen LogP contribution in [0.25, 0.3) is 0 Å². The van der Waals surface area contributed by atoms with E-state index in [2.05, 4.69) is 4.98 Å². The molecule has 0 saturated carbocycles. The lowest BCUT2D eigenvalue weighted by atomic mass is 9.98. The fourth-order valence-corrected chi connectivity index (χ4v) is 4.44. The topological polar surface area (TPSA) is 98.0 Å². The van der Waals surface area contributed by atoms with Crippen LogP contribution < -0.4 is 16.2 Å². The van der Waals surface area contributed by atoms with Crippen LogP contribution in [0.15, 0.2) is 47.4 Å². The van der Waals surface area contributed by atoms with E-state index in [-0.39, 0.29) is 22.3 Å². The second-order valence-corrected chi connectivity index (χ2v) is 7.90. The molecule has 1 aliphatic rings. The zero-order chi connectivity index (χ0) is 19.1. The Balaban J connectivity index is 1.92. The minimum Gasteiger partial charge on any atom is -0.438 e. The van der Waals surface area contributed by atoms with Crippen molar-refractivity contribution in [2.24, 2.45) is 0 Å². The number of pyridine rings is 1. The van der Waals surface area contributed by atoms with Crippen molar-refractivity contribution in [2.45, 2.75) is 10.1 Å². The van der Waals surface area contributed by atoms with Crippen LogP contribution in [-0.4, -0.2) is 4.98 Å². The molecule has 0 amide bonds. The number of nitriles is 1. The fourth-order valence-electron chi connectivity index (χ4n) is 2.91. The Morgan fingerprint density at radius 3 is 2.48 bits per heavy atom. The minimum absolute atomic E-state index is 0.0430. The monoisotopic (exact) mass is 414 g/mol. The van der Waals surface area contributed by atoms with Crippen molar-refractivity contribution in [1.29, 1.82) is 5.26 Å². The molecule has 134 valence electrons. The summed E-state index contributed by atoms with van der Waals surface area (Å²) in [4.78, 5) is 5.23. The molecule has 0 saturated heterocycles. The number of ether oxygens (including phenoxy) is 1. The van der Waals surface area contributed by atoms with Gasteiger partial charge in [-0.2, -0.15) is 10.2 Å². The van der Waals surface area contributed by atoms with E-state index < -0.39 is 0 Å². The summed E-state index contributed by atoms with van der Waals surface area (Å²) in [5, 5.41) is 10.4. The van der Waals surface area contributed by atoms with Crippen LogP contribution in [0.5, 0.6) is 11.6 Å². The predicted octanol–water partition coefficient (Wildman–Crippen LogP) is 5.41. The Hall–Kier alpha value is -2.59. The summed E-state index contributed by atoms with van der Waals surface area (Å²) in [6, 6.07) is 14.8. The quantitative estimate of drug-likeness (QED) is 0.581. The fraction of sp³-hybridized carbons (Fsp3) is 0.0526. The summed E-state index contributed by atoms with van der Waals surface area (Å²) in [5.74, 6) is 0.959. The van der Waals surface area contributed by atoms with E-state index in [1.54, 1.807) is 12.1 Å². The van der Waals surface area contributed by atoms with Crippen molar-refractivity contribution in [2.75, 3.05) is 11.5 Å². The molecule has 0 spiro atoms. The van der Waals surface area contributed by atoms with Crippen molar-refractivity contribution in [3.63, 3.8) is 0 Å². The molecular formula is C19H12Cl2N4OS. The van der Waals surface area contributed by atoms with E-state index in [1.807, 2.05) is 36.4 Å². The molecule has 4 rings (SSSR count). The molecule has 0 radical (unpaired) electrons. The zero-order valence-corrected chi connectivity index (χ0v) is 16.1. The Bertz CT molecular complexity index is 1100. The SMILES string of the molecule is N#Cc1c(N)nc2c(c1N)C(Sc1ccc(Cl)cc1)c1cc(Cl)ccc1O2. The van der Waals surface area contributed by atoms with E-state index in [0.29, 0.717) is 27.2 Å². The third-order valence-electron chi connectivity index (χ3n) is 4.17. The summed E-state index contributed by atoms with van der Waals surface area (Å²) < 4.78 is 5.91. The largest absolute Gasteiger partial charge is 0.438 e. The highest BCUT2D eigenvalue weighted by molar-refractivity contribution is 7.99. The van der Waals surface area contributed by atoms with Gasteiger partial charge in [-0.1, -0.05) is 23.2 Å². The molecule has 3 aromatic rings. The Morgan fingerprint density at radius 2 is 1.78 bits per heavy atom. The number of aromatic nitrogens is 1. The van der Waals surface area contributed by atoms with Gasteiger partial charge in [0.2, 0.25) is 5.88 Å². The summed E-state index contributed by atoms with van der Waals surface area (Å²) in [5.41, 5.74) is 14.0. The molecule has 5 nitrogen and oxygen atoms in total. The summed E-state index contributed by atoms with van der Waals surface area (Å²) in [6.07, 6.45) is 0. The number of nitrogen functional groups attached to an aromatic ring is 2. The van der Waals surface area contributed by atoms with Crippen LogP contribution >= 0.6 is 35.0 Å². The van der Waals surface area contributed by atoms with Gasteiger partial charge in [-0.25, -0.2) is 0 Å². The predicted molar refractivity (Wildman–Crippen MR) is 108 cm³/mol. The second-order valence-electron chi connectivity index (χ2n) is 5.85. The maximum Gasteiger partial charge on any atom is 0.228 e. The molecule has 1 aliphatic heterocycles. The van der Waals surface area contributed by atoms with Crippen LogP contribution in [0.4, 0.5) is 11.5 Å². The highest BCUT2D eigenvalue weighted by Crippen LogP contribution is 2.54. The van der Waals surface area contributed by atoms with Crippen LogP contribution in [0.1, 0.15) is 21.9 Å². The normalized spacial score (nSPS) is 14.6. The average Bonchev–Trinajstić information content (AvgIpc) is 2.64. The molecule has 2 aromatic carbocycles. The van der Waals surface area contributed by atoms with Crippen LogP contribution in [0.2, 0.25) is 10.0 Å². The number of halogens is 2. The third-order valence-corrected chi connectivity index (χ3v) is 5.93. The smallest absolute Gasteiger partial charge is 0.228 e. The van der Waals surface area contributed by atoms with Gasteiger partial charge in [0.1, 0.15) is 23.2 Å². The molecule has 8 heteroatoms.